The number of pyridine rings is 1. The van der Waals surface area contributed by atoms with Gasteiger partial charge < -0.3 is 10.1 Å². The molecule has 1 aromatic heterocycles. The van der Waals surface area contributed by atoms with Gasteiger partial charge in [0.25, 0.3) is 5.91 Å². The van der Waals surface area contributed by atoms with Gasteiger partial charge in [0.2, 0.25) is 0 Å². The van der Waals surface area contributed by atoms with Gasteiger partial charge in [0.15, 0.2) is 0 Å². The quantitative estimate of drug-likeness (QED) is 0.865. The summed E-state index contributed by atoms with van der Waals surface area (Å²) in [4.78, 5) is 16.4. The molecular weight excluding hydrogens is 320 g/mol. The number of benzene rings is 1. The Labute approximate surface area is 126 Å². The lowest BCUT2D eigenvalue weighted by Crippen LogP contribution is -2.13. The van der Waals surface area contributed by atoms with Crippen molar-refractivity contribution < 1.29 is 9.53 Å². The molecule has 0 fully saturated rings. The third kappa shape index (κ3) is 3.57. The molecule has 20 heavy (non-hydrogen) atoms. The monoisotopic (exact) mass is 334 g/mol. The molecule has 5 heteroatoms. The molecule has 2 aromatic rings. The smallest absolute Gasteiger partial charge is 0.255 e. The number of halogens is 1. The van der Waals surface area contributed by atoms with E-state index in [1.165, 1.54) is 0 Å². The van der Waals surface area contributed by atoms with E-state index in [0.717, 1.165) is 16.0 Å². The number of ether oxygens (including phenoxy) is 1. The molecule has 1 heterocycles. The van der Waals surface area contributed by atoms with E-state index in [9.17, 15) is 4.79 Å². The predicted molar refractivity (Wildman–Crippen MR) is 82.2 cm³/mol. The molecule has 1 N–H and O–H groups in total. The van der Waals surface area contributed by atoms with Crippen LogP contribution in [0.2, 0.25) is 0 Å². The SMILES string of the molecule is CCOc1ccc(C(=O)Nc2ccc(Br)nc2C)cc1. The molecule has 0 aliphatic carbocycles. The number of nitrogens with zero attached hydrogens (tertiary/aromatic N) is 1. The van der Waals surface area contributed by atoms with E-state index in [2.05, 4.69) is 26.2 Å². The Morgan fingerprint density at radius 2 is 1.95 bits per heavy atom. The number of anilines is 1. The second-order valence-electron chi connectivity index (χ2n) is 4.18. The van der Waals surface area contributed by atoms with Gasteiger partial charge in [-0.25, -0.2) is 4.98 Å². The van der Waals surface area contributed by atoms with Crippen molar-refractivity contribution in [2.24, 2.45) is 0 Å². The van der Waals surface area contributed by atoms with Gasteiger partial charge in [-0.15, -0.1) is 0 Å². The highest BCUT2D eigenvalue weighted by Gasteiger charge is 2.08. The van der Waals surface area contributed by atoms with Crippen molar-refractivity contribution in [3.63, 3.8) is 0 Å². The fraction of sp³-hybridized carbons (Fsp3) is 0.200. The number of amides is 1. The summed E-state index contributed by atoms with van der Waals surface area (Å²) >= 11 is 3.29. The van der Waals surface area contributed by atoms with Gasteiger partial charge in [-0.05, 0) is 66.2 Å². The topological polar surface area (TPSA) is 51.2 Å². The third-order valence-corrected chi connectivity index (χ3v) is 3.17. The Morgan fingerprint density at radius 1 is 1.25 bits per heavy atom. The Morgan fingerprint density at radius 3 is 2.55 bits per heavy atom. The van der Waals surface area contributed by atoms with Crippen LogP contribution in [0.15, 0.2) is 41.0 Å². The van der Waals surface area contributed by atoms with Gasteiger partial charge in [0, 0.05) is 5.56 Å². The molecule has 0 saturated heterocycles. The zero-order valence-electron chi connectivity index (χ0n) is 11.3. The van der Waals surface area contributed by atoms with Crippen LogP contribution in [0.4, 0.5) is 5.69 Å². The van der Waals surface area contributed by atoms with E-state index in [-0.39, 0.29) is 5.91 Å². The summed E-state index contributed by atoms with van der Waals surface area (Å²) in [5.41, 5.74) is 2.04. The molecule has 4 nitrogen and oxygen atoms in total. The highest BCUT2D eigenvalue weighted by Crippen LogP contribution is 2.18. The van der Waals surface area contributed by atoms with E-state index in [4.69, 9.17) is 4.74 Å². The van der Waals surface area contributed by atoms with Crippen molar-refractivity contribution >= 4 is 27.5 Å². The van der Waals surface area contributed by atoms with Gasteiger partial charge in [-0.2, -0.15) is 0 Å². The highest BCUT2D eigenvalue weighted by atomic mass is 79.9. The summed E-state index contributed by atoms with van der Waals surface area (Å²) in [6.07, 6.45) is 0. The van der Waals surface area contributed by atoms with E-state index >= 15 is 0 Å². The third-order valence-electron chi connectivity index (χ3n) is 2.73. The number of hydrogen-bond donors (Lipinski definition) is 1. The lowest BCUT2D eigenvalue weighted by atomic mass is 10.2. The summed E-state index contributed by atoms with van der Waals surface area (Å²) < 4.78 is 6.09. The number of hydrogen-bond acceptors (Lipinski definition) is 3. The average molecular weight is 335 g/mol. The Balaban J connectivity index is 2.11. The van der Waals surface area contributed by atoms with Crippen molar-refractivity contribution in [3.8, 4) is 5.75 Å². The van der Waals surface area contributed by atoms with Gasteiger partial charge in [0.1, 0.15) is 10.4 Å². The van der Waals surface area contributed by atoms with Gasteiger partial charge >= 0.3 is 0 Å². The standard InChI is InChI=1S/C15H15BrN2O2/c1-3-20-12-6-4-11(5-7-12)15(19)18-13-8-9-14(16)17-10(13)2/h4-9H,3H2,1-2H3,(H,18,19). The van der Waals surface area contributed by atoms with Gasteiger partial charge in [0.05, 0.1) is 18.0 Å². The van der Waals surface area contributed by atoms with E-state index in [0.29, 0.717) is 17.9 Å². The van der Waals surface area contributed by atoms with Crippen LogP contribution < -0.4 is 10.1 Å². The van der Waals surface area contributed by atoms with Crippen molar-refractivity contribution in [2.75, 3.05) is 11.9 Å². The number of aromatic nitrogens is 1. The molecule has 0 aliphatic heterocycles. The normalized spacial score (nSPS) is 10.2. The summed E-state index contributed by atoms with van der Waals surface area (Å²) in [5.74, 6) is 0.589. The van der Waals surface area contributed by atoms with Crippen LogP contribution in [-0.4, -0.2) is 17.5 Å². The van der Waals surface area contributed by atoms with Gasteiger partial charge in [-0.1, -0.05) is 0 Å². The zero-order valence-corrected chi connectivity index (χ0v) is 12.9. The molecule has 0 saturated carbocycles. The Hall–Kier alpha value is -1.88. The minimum absolute atomic E-state index is 0.166. The summed E-state index contributed by atoms with van der Waals surface area (Å²) in [5, 5.41) is 2.84. The van der Waals surface area contributed by atoms with Crippen LogP contribution in [-0.2, 0) is 0 Å². The van der Waals surface area contributed by atoms with Crippen molar-refractivity contribution in [1.82, 2.24) is 4.98 Å². The molecule has 1 aromatic carbocycles. The predicted octanol–water partition coefficient (Wildman–Crippen LogP) is 3.80. The lowest BCUT2D eigenvalue weighted by molar-refractivity contribution is 0.102. The summed E-state index contributed by atoms with van der Waals surface area (Å²) in [7, 11) is 0. The maximum absolute atomic E-state index is 12.1. The van der Waals surface area contributed by atoms with Crippen molar-refractivity contribution in [2.45, 2.75) is 13.8 Å². The summed E-state index contributed by atoms with van der Waals surface area (Å²) in [6, 6.07) is 10.7. The second kappa shape index (κ2) is 6.52. The molecular formula is C15H15BrN2O2. The second-order valence-corrected chi connectivity index (χ2v) is 4.99. The minimum Gasteiger partial charge on any atom is -0.494 e. The fourth-order valence-corrected chi connectivity index (χ4v) is 2.12. The number of rotatable bonds is 4. The molecule has 0 aliphatic rings. The molecule has 104 valence electrons. The fourth-order valence-electron chi connectivity index (χ4n) is 1.73. The maximum Gasteiger partial charge on any atom is 0.255 e. The first-order valence-corrected chi connectivity index (χ1v) is 7.07. The zero-order chi connectivity index (χ0) is 14.5. The summed E-state index contributed by atoms with van der Waals surface area (Å²) in [6.45, 7) is 4.37. The molecule has 0 spiro atoms. The van der Waals surface area contributed by atoms with E-state index < -0.39 is 0 Å². The highest BCUT2D eigenvalue weighted by molar-refractivity contribution is 9.10. The van der Waals surface area contributed by atoms with Crippen LogP contribution in [0.5, 0.6) is 5.75 Å². The first kappa shape index (κ1) is 14.5. The van der Waals surface area contributed by atoms with Crippen LogP contribution in [0, 0.1) is 6.92 Å². The first-order chi connectivity index (χ1) is 9.60. The molecule has 0 radical (unpaired) electrons. The van der Waals surface area contributed by atoms with E-state index in [1.807, 2.05) is 19.9 Å². The lowest BCUT2D eigenvalue weighted by Gasteiger charge is -2.09. The molecule has 2 rings (SSSR count). The Kier molecular flexibility index (Phi) is 4.74. The molecule has 0 unspecified atom stereocenters. The van der Waals surface area contributed by atoms with Gasteiger partial charge in [-0.3, -0.25) is 4.79 Å². The number of aryl methyl sites for hydroxylation is 1. The number of nitrogens with one attached hydrogen (secondary N) is 1. The number of carbonyl (C=O) groups is 1. The molecule has 0 bridgehead atoms. The molecule has 0 atom stereocenters. The largest absolute Gasteiger partial charge is 0.494 e. The average Bonchev–Trinajstić information content (AvgIpc) is 2.43. The van der Waals surface area contributed by atoms with E-state index in [1.54, 1.807) is 30.3 Å². The van der Waals surface area contributed by atoms with Crippen LogP contribution in [0.3, 0.4) is 0 Å². The van der Waals surface area contributed by atoms with Crippen molar-refractivity contribution in [1.29, 1.82) is 0 Å². The van der Waals surface area contributed by atoms with Crippen molar-refractivity contribution in [3.05, 3.63) is 52.3 Å². The maximum atomic E-state index is 12.1. The van der Waals surface area contributed by atoms with Crippen LogP contribution >= 0.6 is 15.9 Å². The van der Waals surface area contributed by atoms with Crippen LogP contribution in [0.1, 0.15) is 23.0 Å². The number of carbonyl (C=O) groups excluding carboxylic acids is 1. The first-order valence-electron chi connectivity index (χ1n) is 6.27. The molecule has 1 amide bonds. The Bertz CT molecular complexity index is 612. The van der Waals surface area contributed by atoms with Crippen LogP contribution in [0.25, 0.3) is 0 Å². The minimum atomic E-state index is -0.166.